The lowest BCUT2D eigenvalue weighted by Crippen LogP contribution is -2.48. The van der Waals surface area contributed by atoms with Crippen molar-refractivity contribution in [3.8, 4) is 0 Å². The molecule has 1 aliphatic carbocycles. The van der Waals surface area contributed by atoms with Crippen molar-refractivity contribution in [3.05, 3.63) is 57.2 Å². The summed E-state index contributed by atoms with van der Waals surface area (Å²) in [5, 5.41) is 3.80. The number of allylic oxidation sites excluding steroid dienone is 4. The Labute approximate surface area is 158 Å². The van der Waals surface area contributed by atoms with E-state index in [2.05, 4.69) is 33.4 Å². The van der Waals surface area contributed by atoms with Crippen LogP contribution in [0.4, 0.5) is 5.13 Å². The summed E-state index contributed by atoms with van der Waals surface area (Å²) >= 11 is 5.01. The number of anilines is 1. The maximum absolute atomic E-state index is 12.3. The first kappa shape index (κ1) is 16.6. The molecule has 0 saturated carbocycles. The third kappa shape index (κ3) is 3.18. The molecule has 25 heavy (non-hydrogen) atoms. The molecule has 1 aromatic rings. The van der Waals surface area contributed by atoms with Gasteiger partial charge < -0.3 is 10.1 Å². The highest BCUT2D eigenvalue weighted by molar-refractivity contribution is 9.11. The van der Waals surface area contributed by atoms with Crippen molar-refractivity contribution in [2.75, 3.05) is 4.90 Å². The van der Waals surface area contributed by atoms with Gasteiger partial charge in [0.1, 0.15) is 16.9 Å². The Balaban J connectivity index is 1.67. The van der Waals surface area contributed by atoms with Gasteiger partial charge in [0.15, 0.2) is 5.13 Å². The molecule has 0 spiro atoms. The topological polar surface area (TPSA) is 54.5 Å². The summed E-state index contributed by atoms with van der Waals surface area (Å²) in [6, 6.07) is 0. The number of ether oxygens (including phenoxy) is 1. The van der Waals surface area contributed by atoms with Crippen LogP contribution in [0.15, 0.2) is 46.6 Å². The molecule has 0 fully saturated rings. The second-order valence-electron chi connectivity index (χ2n) is 6.86. The maximum Gasteiger partial charge on any atom is 0.263 e. The maximum atomic E-state index is 12.3. The van der Waals surface area contributed by atoms with Crippen LogP contribution in [0.5, 0.6) is 0 Å². The molecule has 2 aliphatic heterocycles. The number of hydrogen-bond donors (Lipinski definition) is 1. The second kappa shape index (κ2) is 6.14. The molecule has 0 bridgehead atoms. The van der Waals surface area contributed by atoms with Crippen LogP contribution in [-0.2, 0) is 11.2 Å². The van der Waals surface area contributed by atoms with Gasteiger partial charge in [-0.25, -0.2) is 4.98 Å². The van der Waals surface area contributed by atoms with Crippen molar-refractivity contribution in [1.29, 1.82) is 0 Å². The second-order valence-corrected chi connectivity index (χ2v) is 8.69. The molecule has 1 amide bonds. The van der Waals surface area contributed by atoms with E-state index in [1.165, 1.54) is 11.3 Å². The van der Waals surface area contributed by atoms with Gasteiger partial charge in [0.25, 0.3) is 5.91 Å². The Morgan fingerprint density at radius 3 is 3.08 bits per heavy atom. The minimum atomic E-state index is -0.263. The first-order valence-electron chi connectivity index (χ1n) is 8.14. The molecule has 1 N–H and O–H groups in total. The lowest BCUT2D eigenvalue weighted by molar-refractivity contribution is 0.0901. The zero-order valence-electron chi connectivity index (χ0n) is 14.0. The summed E-state index contributed by atoms with van der Waals surface area (Å²) in [4.78, 5) is 19.6. The molecule has 0 aromatic carbocycles. The molecule has 1 aromatic heterocycles. The third-order valence-electron chi connectivity index (χ3n) is 4.26. The SMILES string of the molecule is CC1(C)Cc2nc(N3C=COC(C4=C(Br)C=CCC4)=C3)sc2C(=O)N1. The van der Waals surface area contributed by atoms with Gasteiger partial charge in [-0.1, -0.05) is 39.4 Å². The summed E-state index contributed by atoms with van der Waals surface area (Å²) in [6.07, 6.45) is 12.3. The van der Waals surface area contributed by atoms with E-state index in [0.717, 1.165) is 45.9 Å². The first-order chi connectivity index (χ1) is 11.9. The lowest BCUT2D eigenvalue weighted by atomic mass is 9.94. The first-order valence-corrected chi connectivity index (χ1v) is 9.75. The number of nitrogens with one attached hydrogen (secondary N) is 1. The molecular formula is C18H18BrN3O2S. The van der Waals surface area contributed by atoms with Crippen LogP contribution in [0.3, 0.4) is 0 Å². The van der Waals surface area contributed by atoms with E-state index in [0.29, 0.717) is 4.88 Å². The predicted octanol–water partition coefficient (Wildman–Crippen LogP) is 4.36. The van der Waals surface area contributed by atoms with Crippen molar-refractivity contribution < 1.29 is 9.53 Å². The molecular weight excluding hydrogens is 402 g/mol. The van der Waals surface area contributed by atoms with Crippen LogP contribution in [0.25, 0.3) is 0 Å². The smallest absolute Gasteiger partial charge is 0.263 e. The van der Waals surface area contributed by atoms with Crippen LogP contribution >= 0.6 is 27.3 Å². The van der Waals surface area contributed by atoms with Gasteiger partial charge in [-0.15, -0.1) is 0 Å². The number of carbonyl (C=O) groups is 1. The minimum Gasteiger partial charge on any atom is -0.462 e. The van der Waals surface area contributed by atoms with E-state index < -0.39 is 0 Å². The van der Waals surface area contributed by atoms with Gasteiger partial charge in [0.2, 0.25) is 0 Å². The van der Waals surface area contributed by atoms with Crippen molar-refractivity contribution >= 4 is 38.3 Å². The van der Waals surface area contributed by atoms with Gasteiger partial charge in [0, 0.05) is 28.2 Å². The van der Waals surface area contributed by atoms with Crippen LogP contribution in [0.1, 0.15) is 42.1 Å². The largest absolute Gasteiger partial charge is 0.462 e. The van der Waals surface area contributed by atoms with E-state index in [1.807, 2.05) is 31.1 Å². The van der Waals surface area contributed by atoms with Crippen LogP contribution in [-0.4, -0.2) is 16.4 Å². The fraction of sp³-hybridized carbons (Fsp3) is 0.333. The highest BCUT2D eigenvalue weighted by Crippen LogP contribution is 2.36. The number of hydrogen-bond acceptors (Lipinski definition) is 5. The van der Waals surface area contributed by atoms with Crippen molar-refractivity contribution in [3.63, 3.8) is 0 Å². The molecule has 0 unspecified atom stereocenters. The van der Waals surface area contributed by atoms with E-state index in [4.69, 9.17) is 9.72 Å². The molecule has 0 radical (unpaired) electrons. The fourth-order valence-electron chi connectivity index (χ4n) is 3.09. The van der Waals surface area contributed by atoms with Gasteiger partial charge >= 0.3 is 0 Å². The van der Waals surface area contributed by atoms with Crippen LogP contribution < -0.4 is 10.2 Å². The molecule has 7 heteroatoms. The average molecular weight is 420 g/mol. The summed E-state index contributed by atoms with van der Waals surface area (Å²) < 4.78 is 6.75. The van der Waals surface area contributed by atoms with E-state index in [-0.39, 0.29) is 11.4 Å². The summed E-state index contributed by atoms with van der Waals surface area (Å²) in [5.74, 6) is 0.760. The number of carbonyl (C=O) groups excluding carboxylic acids is 1. The van der Waals surface area contributed by atoms with Crippen molar-refractivity contribution in [2.24, 2.45) is 0 Å². The average Bonchev–Trinajstić information content (AvgIpc) is 2.98. The Hall–Kier alpha value is -1.86. The molecule has 130 valence electrons. The Kier molecular flexibility index (Phi) is 4.08. The number of fused-ring (bicyclic) bond motifs is 1. The molecule has 3 aliphatic rings. The highest BCUT2D eigenvalue weighted by Gasteiger charge is 2.33. The Morgan fingerprint density at radius 1 is 1.44 bits per heavy atom. The van der Waals surface area contributed by atoms with Crippen molar-refractivity contribution in [1.82, 2.24) is 10.3 Å². The van der Waals surface area contributed by atoms with E-state index >= 15 is 0 Å². The number of aromatic nitrogens is 1. The molecule has 4 rings (SSSR count). The zero-order valence-corrected chi connectivity index (χ0v) is 16.4. The Morgan fingerprint density at radius 2 is 2.28 bits per heavy atom. The summed E-state index contributed by atoms with van der Waals surface area (Å²) in [7, 11) is 0. The van der Waals surface area contributed by atoms with Crippen molar-refractivity contribution in [2.45, 2.75) is 38.6 Å². The highest BCUT2D eigenvalue weighted by atomic mass is 79.9. The number of nitrogens with zero attached hydrogens (tertiary/aromatic N) is 2. The lowest BCUT2D eigenvalue weighted by Gasteiger charge is -2.29. The van der Waals surface area contributed by atoms with Crippen LogP contribution in [0, 0.1) is 0 Å². The predicted molar refractivity (Wildman–Crippen MR) is 102 cm³/mol. The molecule has 5 nitrogen and oxygen atoms in total. The molecule has 0 atom stereocenters. The van der Waals surface area contributed by atoms with Gasteiger partial charge in [-0.2, -0.15) is 0 Å². The fourth-order valence-corrected chi connectivity index (χ4v) is 4.60. The van der Waals surface area contributed by atoms with Gasteiger partial charge in [0.05, 0.1) is 11.9 Å². The minimum absolute atomic E-state index is 0.0423. The Bertz CT molecular complexity index is 864. The third-order valence-corrected chi connectivity index (χ3v) is 6.11. The molecule has 0 saturated heterocycles. The zero-order chi connectivity index (χ0) is 17.6. The summed E-state index contributed by atoms with van der Waals surface area (Å²) in [5.41, 5.74) is 1.74. The number of halogens is 1. The number of thiazole rings is 1. The quantitative estimate of drug-likeness (QED) is 0.773. The number of amides is 1. The van der Waals surface area contributed by atoms with E-state index in [9.17, 15) is 4.79 Å². The molecule has 3 heterocycles. The monoisotopic (exact) mass is 419 g/mol. The summed E-state index contributed by atoms with van der Waals surface area (Å²) in [6.45, 7) is 4.03. The van der Waals surface area contributed by atoms with Gasteiger partial charge in [-0.05, 0) is 26.7 Å². The van der Waals surface area contributed by atoms with Crippen LogP contribution in [0.2, 0.25) is 0 Å². The normalized spacial score (nSPS) is 21.6. The van der Waals surface area contributed by atoms with E-state index in [1.54, 1.807) is 6.26 Å². The number of rotatable bonds is 2. The standard InChI is InChI=1S/C18H18BrN3O2S/c1-18(2)9-13-15(16(23)21-18)25-17(20-13)22-7-8-24-14(10-22)11-5-3-4-6-12(11)19/h4,6-8,10H,3,5,9H2,1-2H3,(H,21,23). The van der Waals surface area contributed by atoms with Gasteiger partial charge in [-0.3, -0.25) is 9.69 Å².